The fourth-order valence-electron chi connectivity index (χ4n) is 2.60. The van der Waals surface area contributed by atoms with E-state index in [1.54, 1.807) is 11.3 Å². The average Bonchev–Trinajstić information content (AvgIpc) is 3.32. The number of rotatable bonds is 4. The molecule has 0 aliphatic heterocycles. The molecule has 0 aromatic carbocycles. The molecular formula is C18H14N2O3S3. The molecule has 26 heavy (non-hydrogen) atoms. The van der Waals surface area contributed by atoms with Crippen LogP contribution >= 0.6 is 34.0 Å². The van der Waals surface area contributed by atoms with Crippen LogP contribution in [0.15, 0.2) is 33.8 Å². The van der Waals surface area contributed by atoms with Crippen LogP contribution in [0.5, 0.6) is 0 Å². The Hall–Kier alpha value is -2.29. The van der Waals surface area contributed by atoms with Gasteiger partial charge in [0.25, 0.3) is 5.56 Å². The molecule has 0 aliphatic rings. The fraction of sp³-hybridized carbons (Fsp3) is 0.167. The van der Waals surface area contributed by atoms with E-state index in [1.807, 2.05) is 42.8 Å². The molecule has 8 heteroatoms. The highest BCUT2D eigenvalue weighted by atomic mass is 32.1. The second-order valence-electron chi connectivity index (χ2n) is 5.76. The highest BCUT2D eigenvalue weighted by molar-refractivity contribution is 7.19. The number of aromatic amines is 1. The van der Waals surface area contributed by atoms with E-state index in [0.29, 0.717) is 20.9 Å². The summed E-state index contributed by atoms with van der Waals surface area (Å²) in [7, 11) is 0. The summed E-state index contributed by atoms with van der Waals surface area (Å²) in [4.78, 5) is 35.3. The Bertz CT molecular complexity index is 1170. The van der Waals surface area contributed by atoms with Gasteiger partial charge in [-0.1, -0.05) is 0 Å². The summed E-state index contributed by atoms with van der Waals surface area (Å²) in [5, 5.41) is 4.38. The summed E-state index contributed by atoms with van der Waals surface area (Å²) in [6.45, 7) is 3.83. The normalized spacial score (nSPS) is 11.2. The second-order valence-corrected chi connectivity index (χ2v) is 8.82. The lowest BCUT2D eigenvalue weighted by Gasteiger charge is -2.04. The van der Waals surface area contributed by atoms with Crippen LogP contribution in [-0.4, -0.2) is 15.9 Å². The monoisotopic (exact) mass is 402 g/mol. The smallest absolute Gasteiger partial charge is 0.349 e. The van der Waals surface area contributed by atoms with Crippen molar-refractivity contribution in [2.75, 3.05) is 0 Å². The van der Waals surface area contributed by atoms with E-state index in [-0.39, 0.29) is 12.2 Å². The van der Waals surface area contributed by atoms with Crippen molar-refractivity contribution in [1.29, 1.82) is 0 Å². The highest BCUT2D eigenvalue weighted by Gasteiger charge is 2.16. The standard InChI is InChI=1S/C18H14N2O3S3/c1-9-5-6-24-15(9)18(22)23-7-13-19-16(21)14-11(8-25-17(14)20-13)12-4-3-10(2)26-12/h3-6,8H,7H2,1-2H3,(H,19,20,21). The predicted octanol–water partition coefficient (Wildman–Crippen LogP) is 4.75. The van der Waals surface area contributed by atoms with Gasteiger partial charge in [0.2, 0.25) is 0 Å². The number of carbonyl (C=O) groups excluding carboxylic acids is 1. The van der Waals surface area contributed by atoms with Gasteiger partial charge in [-0.15, -0.1) is 34.0 Å². The highest BCUT2D eigenvalue weighted by Crippen LogP contribution is 2.35. The number of hydrogen-bond donors (Lipinski definition) is 1. The Balaban J connectivity index is 1.61. The summed E-state index contributed by atoms with van der Waals surface area (Å²) in [6.07, 6.45) is 0. The third-order valence-electron chi connectivity index (χ3n) is 3.89. The summed E-state index contributed by atoms with van der Waals surface area (Å²) in [5.74, 6) is -0.0537. The van der Waals surface area contributed by atoms with Gasteiger partial charge in [-0.3, -0.25) is 4.79 Å². The molecular weight excluding hydrogens is 388 g/mol. The van der Waals surface area contributed by atoms with Gasteiger partial charge in [0, 0.05) is 20.7 Å². The van der Waals surface area contributed by atoms with Gasteiger partial charge < -0.3 is 9.72 Å². The maximum Gasteiger partial charge on any atom is 0.349 e. The van der Waals surface area contributed by atoms with Crippen molar-refractivity contribution in [3.8, 4) is 10.4 Å². The number of nitrogens with zero attached hydrogens (tertiary/aromatic N) is 1. The molecule has 0 spiro atoms. The van der Waals surface area contributed by atoms with E-state index >= 15 is 0 Å². The largest absolute Gasteiger partial charge is 0.453 e. The number of aryl methyl sites for hydroxylation is 2. The maximum atomic E-state index is 12.6. The topological polar surface area (TPSA) is 72.0 Å². The quantitative estimate of drug-likeness (QED) is 0.500. The van der Waals surface area contributed by atoms with E-state index < -0.39 is 5.97 Å². The first kappa shape index (κ1) is 17.1. The van der Waals surface area contributed by atoms with Crippen molar-refractivity contribution in [3.05, 3.63) is 60.5 Å². The van der Waals surface area contributed by atoms with Crippen LogP contribution < -0.4 is 5.56 Å². The van der Waals surface area contributed by atoms with E-state index in [9.17, 15) is 9.59 Å². The van der Waals surface area contributed by atoms with Crippen molar-refractivity contribution in [2.45, 2.75) is 20.5 Å². The van der Waals surface area contributed by atoms with Gasteiger partial charge in [0.1, 0.15) is 22.1 Å². The lowest BCUT2D eigenvalue weighted by atomic mass is 10.2. The first-order chi connectivity index (χ1) is 12.5. The minimum absolute atomic E-state index is 0.0628. The molecule has 4 aromatic heterocycles. The van der Waals surface area contributed by atoms with E-state index in [4.69, 9.17) is 4.74 Å². The van der Waals surface area contributed by atoms with Crippen LogP contribution in [0.2, 0.25) is 0 Å². The molecule has 0 bridgehead atoms. The Morgan fingerprint density at radius 1 is 1.23 bits per heavy atom. The SMILES string of the molecule is Cc1ccc(-c2csc3nc(COC(=O)c4sccc4C)[nH]c(=O)c23)s1. The fourth-order valence-corrected chi connectivity index (χ4v) is 5.34. The number of hydrogen-bond acceptors (Lipinski definition) is 7. The summed E-state index contributed by atoms with van der Waals surface area (Å²) >= 11 is 4.40. The number of thiophene rings is 3. The Labute approximate surface area is 160 Å². The molecule has 0 unspecified atom stereocenters. The zero-order valence-electron chi connectivity index (χ0n) is 14.0. The number of ether oxygens (including phenoxy) is 1. The van der Waals surface area contributed by atoms with Crippen LogP contribution in [0.3, 0.4) is 0 Å². The molecule has 4 aromatic rings. The number of nitrogens with one attached hydrogen (secondary N) is 1. The van der Waals surface area contributed by atoms with E-state index in [0.717, 1.165) is 16.0 Å². The van der Waals surface area contributed by atoms with E-state index in [1.165, 1.54) is 27.6 Å². The molecule has 1 N–H and O–H groups in total. The third kappa shape index (κ3) is 3.11. The molecule has 0 radical (unpaired) electrons. The Morgan fingerprint density at radius 3 is 2.77 bits per heavy atom. The van der Waals surface area contributed by atoms with Crippen LogP contribution in [0, 0.1) is 13.8 Å². The number of H-pyrrole nitrogens is 1. The van der Waals surface area contributed by atoms with Gasteiger partial charge >= 0.3 is 5.97 Å². The van der Waals surface area contributed by atoms with Gasteiger partial charge in [0.05, 0.1) is 5.39 Å². The van der Waals surface area contributed by atoms with Crippen molar-refractivity contribution >= 4 is 50.2 Å². The first-order valence-electron chi connectivity index (χ1n) is 7.81. The van der Waals surface area contributed by atoms with Crippen LogP contribution in [0.1, 0.15) is 25.9 Å². The molecule has 0 fully saturated rings. The van der Waals surface area contributed by atoms with Crippen LogP contribution in [0.25, 0.3) is 20.7 Å². The maximum absolute atomic E-state index is 12.6. The first-order valence-corrected chi connectivity index (χ1v) is 10.4. The number of fused-ring (bicyclic) bond motifs is 1. The van der Waals surface area contributed by atoms with Crippen molar-refractivity contribution in [3.63, 3.8) is 0 Å². The molecule has 132 valence electrons. The zero-order valence-corrected chi connectivity index (χ0v) is 16.4. The Kier molecular flexibility index (Phi) is 4.47. The lowest BCUT2D eigenvalue weighted by Crippen LogP contribution is -2.14. The molecule has 0 saturated heterocycles. The molecule has 4 heterocycles. The van der Waals surface area contributed by atoms with Crippen molar-refractivity contribution in [1.82, 2.24) is 9.97 Å². The molecule has 0 amide bonds. The molecule has 0 atom stereocenters. The minimum atomic E-state index is -0.402. The van der Waals surface area contributed by atoms with Gasteiger partial charge in [-0.05, 0) is 43.0 Å². The van der Waals surface area contributed by atoms with Gasteiger partial charge in [-0.25, -0.2) is 9.78 Å². The summed E-state index contributed by atoms with van der Waals surface area (Å²) < 4.78 is 5.30. The minimum Gasteiger partial charge on any atom is -0.453 e. The van der Waals surface area contributed by atoms with Crippen molar-refractivity contribution < 1.29 is 9.53 Å². The van der Waals surface area contributed by atoms with Crippen molar-refractivity contribution in [2.24, 2.45) is 0 Å². The van der Waals surface area contributed by atoms with Gasteiger partial charge in [0.15, 0.2) is 0 Å². The number of esters is 1. The second kappa shape index (κ2) is 6.79. The molecule has 5 nitrogen and oxygen atoms in total. The van der Waals surface area contributed by atoms with Gasteiger partial charge in [-0.2, -0.15) is 0 Å². The number of carbonyl (C=O) groups is 1. The number of aromatic nitrogens is 2. The average molecular weight is 403 g/mol. The summed E-state index contributed by atoms with van der Waals surface area (Å²) in [5.41, 5.74) is 1.57. The summed E-state index contributed by atoms with van der Waals surface area (Å²) in [6, 6.07) is 5.92. The van der Waals surface area contributed by atoms with E-state index in [2.05, 4.69) is 9.97 Å². The predicted molar refractivity (Wildman–Crippen MR) is 106 cm³/mol. The Morgan fingerprint density at radius 2 is 2.08 bits per heavy atom. The third-order valence-corrected chi connectivity index (χ3v) is 6.79. The van der Waals surface area contributed by atoms with Crippen LogP contribution in [-0.2, 0) is 11.3 Å². The zero-order chi connectivity index (χ0) is 18.3. The molecule has 0 saturated carbocycles. The lowest BCUT2D eigenvalue weighted by molar-refractivity contribution is 0.0467. The molecule has 0 aliphatic carbocycles. The van der Waals surface area contributed by atoms with Crippen LogP contribution in [0.4, 0.5) is 0 Å². The molecule has 4 rings (SSSR count).